The number of hydrogen-bond acceptors (Lipinski definition) is 4. The highest BCUT2D eigenvalue weighted by molar-refractivity contribution is 14.0. The van der Waals surface area contributed by atoms with E-state index in [4.69, 9.17) is 20.2 Å². The Balaban J connectivity index is 0.00000243. The number of nitrogens with one attached hydrogen (secondary N) is 1. The first kappa shape index (κ1) is 21.2. The lowest BCUT2D eigenvalue weighted by molar-refractivity contribution is -0.0333. The van der Waals surface area contributed by atoms with Crippen molar-refractivity contribution in [2.75, 3.05) is 45.3 Å². The molecule has 3 rings (SSSR count). The second-order valence-electron chi connectivity index (χ2n) is 6.94. The van der Waals surface area contributed by atoms with Crippen LogP contribution in [0.2, 0.25) is 0 Å². The third-order valence-electron chi connectivity index (χ3n) is 5.37. The summed E-state index contributed by atoms with van der Waals surface area (Å²) in [6.07, 6.45) is 6.28. The lowest BCUT2D eigenvalue weighted by Crippen LogP contribution is -2.56. The van der Waals surface area contributed by atoms with Crippen molar-refractivity contribution >= 4 is 35.6 Å². The standard InChI is InChI=1S/C19H30N4O2.HI/c1-24-17-7-5-16(6-8-17)22-18(20)21-15-19(9-3-2-4-10-19)23-11-13-25-14-12-23;/h5-8H,2-4,9-15H2,1H3,(H3,20,21,22);1H. The molecular formula is C19H31IN4O2. The smallest absolute Gasteiger partial charge is 0.193 e. The van der Waals surface area contributed by atoms with E-state index in [1.807, 2.05) is 24.3 Å². The average Bonchev–Trinajstić information content (AvgIpc) is 2.68. The molecule has 1 aliphatic carbocycles. The predicted molar refractivity (Wildman–Crippen MR) is 117 cm³/mol. The van der Waals surface area contributed by atoms with Gasteiger partial charge in [-0.3, -0.25) is 9.89 Å². The molecule has 0 aromatic heterocycles. The Morgan fingerprint density at radius 3 is 2.46 bits per heavy atom. The average molecular weight is 474 g/mol. The monoisotopic (exact) mass is 474 g/mol. The summed E-state index contributed by atoms with van der Waals surface area (Å²) in [6, 6.07) is 7.71. The van der Waals surface area contributed by atoms with Crippen molar-refractivity contribution in [3.05, 3.63) is 24.3 Å². The molecule has 2 fully saturated rings. The Kier molecular flexibility index (Phi) is 8.43. The Morgan fingerprint density at radius 2 is 1.85 bits per heavy atom. The summed E-state index contributed by atoms with van der Waals surface area (Å²) in [6.45, 7) is 4.40. The number of hydrogen-bond donors (Lipinski definition) is 2. The Bertz CT molecular complexity index is 567. The molecule has 1 aromatic carbocycles. The van der Waals surface area contributed by atoms with Crippen molar-refractivity contribution in [2.24, 2.45) is 10.7 Å². The van der Waals surface area contributed by atoms with E-state index < -0.39 is 0 Å². The topological polar surface area (TPSA) is 72.1 Å². The van der Waals surface area contributed by atoms with E-state index >= 15 is 0 Å². The quantitative estimate of drug-likeness (QED) is 0.390. The van der Waals surface area contributed by atoms with Crippen LogP contribution in [0.1, 0.15) is 32.1 Å². The highest BCUT2D eigenvalue weighted by Gasteiger charge is 2.38. The zero-order valence-corrected chi connectivity index (χ0v) is 17.9. The van der Waals surface area contributed by atoms with Crippen LogP contribution in [0.15, 0.2) is 29.3 Å². The number of halogens is 1. The van der Waals surface area contributed by atoms with E-state index in [0.29, 0.717) is 5.96 Å². The molecule has 1 saturated heterocycles. The number of methoxy groups -OCH3 is 1. The first-order valence-corrected chi connectivity index (χ1v) is 9.26. The van der Waals surface area contributed by atoms with Gasteiger partial charge in [-0.05, 0) is 37.1 Å². The maximum absolute atomic E-state index is 6.15. The summed E-state index contributed by atoms with van der Waals surface area (Å²) in [7, 11) is 1.66. The van der Waals surface area contributed by atoms with Crippen molar-refractivity contribution in [1.82, 2.24) is 4.90 Å². The molecule has 0 atom stereocenters. The van der Waals surface area contributed by atoms with Crippen molar-refractivity contribution in [2.45, 2.75) is 37.6 Å². The van der Waals surface area contributed by atoms with Crippen molar-refractivity contribution < 1.29 is 9.47 Å². The zero-order valence-electron chi connectivity index (χ0n) is 15.6. The lowest BCUT2D eigenvalue weighted by Gasteiger charge is -2.47. The van der Waals surface area contributed by atoms with Crippen LogP contribution in [0.5, 0.6) is 5.75 Å². The van der Waals surface area contributed by atoms with Gasteiger partial charge in [0.15, 0.2) is 5.96 Å². The molecule has 0 spiro atoms. The van der Waals surface area contributed by atoms with Crippen LogP contribution in [-0.4, -0.2) is 56.4 Å². The number of ether oxygens (including phenoxy) is 2. The van der Waals surface area contributed by atoms with Crippen LogP contribution in [0.3, 0.4) is 0 Å². The molecule has 0 radical (unpaired) electrons. The molecule has 6 nitrogen and oxygen atoms in total. The summed E-state index contributed by atoms with van der Waals surface area (Å²) in [5.41, 5.74) is 7.22. The maximum Gasteiger partial charge on any atom is 0.193 e. The van der Waals surface area contributed by atoms with Crippen LogP contribution in [0, 0.1) is 0 Å². The zero-order chi connectivity index (χ0) is 17.5. The molecule has 7 heteroatoms. The third kappa shape index (κ3) is 5.47. The van der Waals surface area contributed by atoms with Gasteiger partial charge in [0, 0.05) is 24.3 Å². The van der Waals surface area contributed by atoms with E-state index in [9.17, 15) is 0 Å². The van der Waals surface area contributed by atoms with Gasteiger partial charge in [0.2, 0.25) is 0 Å². The minimum absolute atomic E-state index is 0. The SMILES string of the molecule is COc1ccc(NC(N)=NCC2(N3CCOCC3)CCCCC2)cc1.I. The van der Waals surface area contributed by atoms with Gasteiger partial charge in [0.25, 0.3) is 0 Å². The van der Waals surface area contributed by atoms with Gasteiger partial charge in [0.1, 0.15) is 5.75 Å². The molecule has 146 valence electrons. The van der Waals surface area contributed by atoms with Gasteiger partial charge in [-0.1, -0.05) is 19.3 Å². The fourth-order valence-corrected chi connectivity index (χ4v) is 3.92. The molecule has 3 N–H and O–H groups in total. The largest absolute Gasteiger partial charge is 0.497 e. The normalized spacial score (nSPS) is 20.9. The Labute approximate surface area is 173 Å². The number of nitrogens with zero attached hydrogens (tertiary/aromatic N) is 2. The molecule has 26 heavy (non-hydrogen) atoms. The number of aliphatic imine (C=N–C) groups is 1. The molecule has 0 bridgehead atoms. The van der Waals surface area contributed by atoms with Gasteiger partial charge in [-0.25, -0.2) is 0 Å². The molecule has 1 heterocycles. The van der Waals surface area contributed by atoms with Crippen LogP contribution < -0.4 is 15.8 Å². The number of rotatable bonds is 5. The number of morpholine rings is 1. The number of anilines is 1. The Hall–Kier alpha value is -1.06. The minimum Gasteiger partial charge on any atom is -0.497 e. The Morgan fingerprint density at radius 1 is 1.19 bits per heavy atom. The van der Waals surface area contributed by atoms with E-state index in [1.54, 1.807) is 7.11 Å². The summed E-state index contributed by atoms with van der Waals surface area (Å²) < 4.78 is 10.7. The van der Waals surface area contributed by atoms with Crippen LogP contribution in [-0.2, 0) is 4.74 Å². The molecule has 0 unspecified atom stereocenters. The fourth-order valence-electron chi connectivity index (χ4n) is 3.92. The van der Waals surface area contributed by atoms with Crippen molar-refractivity contribution in [3.8, 4) is 5.75 Å². The second-order valence-corrected chi connectivity index (χ2v) is 6.94. The molecule has 1 aliphatic heterocycles. The number of guanidine groups is 1. The second kappa shape index (κ2) is 10.3. The van der Waals surface area contributed by atoms with E-state index in [0.717, 1.165) is 44.3 Å². The van der Waals surface area contributed by atoms with Crippen molar-refractivity contribution in [3.63, 3.8) is 0 Å². The van der Waals surface area contributed by atoms with Crippen LogP contribution in [0.25, 0.3) is 0 Å². The van der Waals surface area contributed by atoms with Gasteiger partial charge >= 0.3 is 0 Å². The van der Waals surface area contributed by atoms with E-state index in [-0.39, 0.29) is 29.5 Å². The minimum atomic E-state index is 0. The van der Waals surface area contributed by atoms with Gasteiger partial charge in [0.05, 0.1) is 26.9 Å². The van der Waals surface area contributed by atoms with Gasteiger partial charge in [-0.2, -0.15) is 0 Å². The number of nitrogens with two attached hydrogens (primary N) is 1. The molecule has 1 aromatic rings. The van der Waals surface area contributed by atoms with E-state index in [2.05, 4.69) is 10.2 Å². The van der Waals surface area contributed by atoms with E-state index in [1.165, 1.54) is 32.1 Å². The first-order valence-electron chi connectivity index (χ1n) is 9.26. The van der Waals surface area contributed by atoms with Crippen molar-refractivity contribution in [1.29, 1.82) is 0 Å². The highest BCUT2D eigenvalue weighted by Crippen LogP contribution is 2.34. The van der Waals surface area contributed by atoms with Gasteiger partial charge in [-0.15, -0.1) is 24.0 Å². The molecular weight excluding hydrogens is 443 g/mol. The predicted octanol–water partition coefficient (Wildman–Crippen LogP) is 3.07. The fraction of sp³-hybridized carbons (Fsp3) is 0.632. The molecule has 2 aliphatic rings. The molecule has 0 amide bonds. The van der Waals surface area contributed by atoms with Gasteiger partial charge < -0.3 is 20.5 Å². The maximum atomic E-state index is 6.15. The summed E-state index contributed by atoms with van der Waals surface area (Å²) >= 11 is 0. The van der Waals surface area contributed by atoms with Crippen LogP contribution in [0.4, 0.5) is 5.69 Å². The summed E-state index contributed by atoms with van der Waals surface area (Å²) in [5, 5.41) is 3.18. The highest BCUT2D eigenvalue weighted by atomic mass is 127. The third-order valence-corrected chi connectivity index (χ3v) is 5.37. The molecule has 1 saturated carbocycles. The summed E-state index contributed by atoms with van der Waals surface area (Å²) in [4.78, 5) is 7.29. The summed E-state index contributed by atoms with van der Waals surface area (Å²) in [5.74, 6) is 1.30. The lowest BCUT2D eigenvalue weighted by atomic mass is 9.80. The van der Waals surface area contributed by atoms with Crippen LogP contribution >= 0.6 is 24.0 Å². The number of benzene rings is 1. The first-order chi connectivity index (χ1) is 12.2.